The molecule has 0 fully saturated rings. The number of aromatic amines is 1. The lowest BCUT2D eigenvalue weighted by atomic mass is 10.1. The maximum absolute atomic E-state index is 13.1. The molecular weight excluding hydrogens is 369 g/mol. The number of methoxy groups -OCH3 is 1. The number of rotatable bonds is 6. The monoisotopic (exact) mass is 389 g/mol. The predicted octanol–water partition coefficient (Wildman–Crippen LogP) is 5.17. The van der Waals surface area contributed by atoms with Crippen LogP contribution in [0.3, 0.4) is 0 Å². The van der Waals surface area contributed by atoms with Crippen LogP contribution in [0, 0.1) is 12.9 Å². The number of hydrogen-bond acceptors (Lipinski definition) is 4. The highest BCUT2D eigenvalue weighted by molar-refractivity contribution is 5.73. The zero-order chi connectivity index (χ0) is 20.2. The molecule has 0 unspecified atom stereocenters. The van der Waals surface area contributed by atoms with Crippen LogP contribution in [0.15, 0.2) is 66.9 Å². The summed E-state index contributed by atoms with van der Waals surface area (Å²) < 4.78 is 24.6. The summed E-state index contributed by atoms with van der Waals surface area (Å²) in [6.45, 7) is 2.39. The molecule has 0 spiro atoms. The van der Waals surface area contributed by atoms with Crippen LogP contribution in [-0.4, -0.2) is 22.1 Å². The van der Waals surface area contributed by atoms with E-state index < -0.39 is 5.95 Å². The van der Waals surface area contributed by atoms with Crippen molar-refractivity contribution in [3.8, 4) is 34.1 Å². The summed E-state index contributed by atoms with van der Waals surface area (Å²) in [7, 11) is 1.62. The first-order valence-electron chi connectivity index (χ1n) is 9.17. The molecule has 0 aliphatic carbocycles. The smallest absolute Gasteiger partial charge is 0.212 e. The first kappa shape index (κ1) is 18.7. The quantitative estimate of drug-likeness (QED) is 0.462. The summed E-state index contributed by atoms with van der Waals surface area (Å²) in [6, 6.07) is 18.6. The van der Waals surface area contributed by atoms with Gasteiger partial charge in [0.1, 0.15) is 23.9 Å². The van der Waals surface area contributed by atoms with E-state index >= 15 is 0 Å². The van der Waals surface area contributed by atoms with Crippen LogP contribution in [0.2, 0.25) is 0 Å². The van der Waals surface area contributed by atoms with Crippen molar-refractivity contribution in [3.05, 3.63) is 84.1 Å². The topological polar surface area (TPSA) is 60.0 Å². The maximum Gasteiger partial charge on any atom is 0.212 e. The van der Waals surface area contributed by atoms with Crippen LogP contribution in [0.25, 0.3) is 22.6 Å². The molecular formula is C23H20FN3O2. The molecule has 1 N–H and O–H groups in total. The summed E-state index contributed by atoms with van der Waals surface area (Å²) >= 11 is 0. The molecule has 4 rings (SSSR count). The molecule has 2 aromatic carbocycles. The number of pyridine rings is 1. The highest BCUT2D eigenvalue weighted by Gasteiger charge is 2.15. The first-order valence-corrected chi connectivity index (χ1v) is 9.17. The molecule has 0 radical (unpaired) electrons. The van der Waals surface area contributed by atoms with Crippen molar-refractivity contribution < 1.29 is 13.9 Å². The van der Waals surface area contributed by atoms with Gasteiger partial charge in [0.25, 0.3) is 0 Å². The molecule has 0 aliphatic rings. The van der Waals surface area contributed by atoms with Gasteiger partial charge in [-0.25, -0.2) is 9.97 Å². The molecule has 2 aromatic heterocycles. The maximum atomic E-state index is 13.1. The van der Waals surface area contributed by atoms with Gasteiger partial charge in [-0.15, -0.1) is 0 Å². The van der Waals surface area contributed by atoms with E-state index in [9.17, 15) is 4.39 Å². The molecule has 0 saturated heterocycles. The number of nitrogens with zero attached hydrogens (tertiary/aromatic N) is 2. The van der Waals surface area contributed by atoms with E-state index in [1.54, 1.807) is 13.2 Å². The Kier molecular flexibility index (Phi) is 5.24. The number of aromatic nitrogens is 3. The Morgan fingerprint density at radius 1 is 1.03 bits per heavy atom. The van der Waals surface area contributed by atoms with Gasteiger partial charge in [0, 0.05) is 23.4 Å². The average molecular weight is 389 g/mol. The van der Waals surface area contributed by atoms with Crippen LogP contribution in [0.4, 0.5) is 4.39 Å². The summed E-state index contributed by atoms with van der Waals surface area (Å²) in [5.41, 5.74) is 4.31. The Labute approximate surface area is 168 Å². The van der Waals surface area contributed by atoms with Crippen LogP contribution < -0.4 is 9.47 Å². The normalized spacial score (nSPS) is 10.7. The van der Waals surface area contributed by atoms with Crippen molar-refractivity contribution in [1.29, 1.82) is 0 Å². The Morgan fingerprint density at radius 3 is 2.59 bits per heavy atom. The summed E-state index contributed by atoms with van der Waals surface area (Å²) in [4.78, 5) is 11.5. The van der Waals surface area contributed by atoms with E-state index in [0.717, 1.165) is 28.3 Å². The lowest BCUT2D eigenvalue weighted by Crippen LogP contribution is -1.96. The number of benzene rings is 2. The highest BCUT2D eigenvalue weighted by Crippen LogP contribution is 2.35. The van der Waals surface area contributed by atoms with E-state index in [1.807, 2.05) is 55.5 Å². The van der Waals surface area contributed by atoms with Crippen LogP contribution in [0.1, 0.15) is 11.3 Å². The van der Waals surface area contributed by atoms with E-state index in [-0.39, 0.29) is 0 Å². The molecule has 0 aliphatic heterocycles. The number of ether oxygens (including phenoxy) is 2. The minimum absolute atomic E-state index is 0.480. The number of imidazole rings is 1. The molecule has 5 nitrogen and oxygen atoms in total. The molecule has 29 heavy (non-hydrogen) atoms. The van der Waals surface area contributed by atoms with Crippen LogP contribution in [-0.2, 0) is 6.61 Å². The van der Waals surface area contributed by atoms with Crippen LogP contribution in [0.5, 0.6) is 11.5 Å². The third kappa shape index (κ3) is 4.11. The fourth-order valence-electron chi connectivity index (χ4n) is 3.08. The number of H-pyrrole nitrogens is 1. The van der Waals surface area contributed by atoms with Crippen molar-refractivity contribution >= 4 is 0 Å². The fourth-order valence-corrected chi connectivity index (χ4v) is 3.08. The van der Waals surface area contributed by atoms with E-state index in [1.165, 1.54) is 12.3 Å². The Bertz CT molecular complexity index is 1110. The van der Waals surface area contributed by atoms with E-state index in [4.69, 9.17) is 9.47 Å². The Balaban J connectivity index is 1.60. The van der Waals surface area contributed by atoms with Crippen molar-refractivity contribution in [2.45, 2.75) is 13.5 Å². The van der Waals surface area contributed by atoms with Gasteiger partial charge in [0.05, 0.1) is 18.5 Å². The highest BCUT2D eigenvalue weighted by atomic mass is 19.1. The molecule has 2 heterocycles. The van der Waals surface area contributed by atoms with Crippen LogP contribution >= 0.6 is 0 Å². The van der Waals surface area contributed by atoms with Gasteiger partial charge in [-0.1, -0.05) is 30.3 Å². The van der Waals surface area contributed by atoms with Gasteiger partial charge in [0.15, 0.2) is 0 Å². The molecule has 0 bridgehead atoms. The SMILES string of the molecule is COc1cc(OCc2ccccc2)ccc1-c1[nH]c(-c2ccc(F)nc2)nc1C. The van der Waals surface area contributed by atoms with Gasteiger partial charge < -0.3 is 14.5 Å². The molecule has 0 atom stereocenters. The Morgan fingerprint density at radius 2 is 1.86 bits per heavy atom. The fraction of sp³-hybridized carbons (Fsp3) is 0.130. The number of aryl methyl sites for hydroxylation is 1. The van der Waals surface area contributed by atoms with Gasteiger partial charge in [0.2, 0.25) is 5.95 Å². The van der Waals surface area contributed by atoms with Gasteiger partial charge in [-0.2, -0.15) is 4.39 Å². The van der Waals surface area contributed by atoms with Crippen molar-refractivity contribution in [1.82, 2.24) is 15.0 Å². The second-order valence-electron chi connectivity index (χ2n) is 6.55. The largest absolute Gasteiger partial charge is 0.496 e. The lowest BCUT2D eigenvalue weighted by Gasteiger charge is -2.11. The lowest BCUT2D eigenvalue weighted by molar-refractivity contribution is 0.304. The van der Waals surface area contributed by atoms with E-state index in [2.05, 4.69) is 15.0 Å². The molecule has 4 aromatic rings. The van der Waals surface area contributed by atoms with Crippen molar-refractivity contribution in [2.75, 3.05) is 7.11 Å². The summed E-state index contributed by atoms with van der Waals surface area (Å²) in [6.07, 6.45) is 1.45. The second-order valence-corrected chi connectivity index (χ2v) is 6.55. The standard InChI is InChI=1S/C23H20FN3O2/c1-15-22(27-23(26-15)17-8-11-21(24)25-13-17)19-10-9-18(12-20(19)28-2)29-14-16-6-4-3-5-7-16/h3-13H,14H2,1-2H3,(H,26,27). The van der Waals surface area contributed by atoms with Gasteiger partial charge >= 0.3 is 0 Å². The summed E-state index contributed by atoms with van der Waals surface area (Å²) in [5.74, 6) is 1.49. The molecule has 0 saturated carbocycles. The minimum atomic E-state index is -0.523. The first-order chi connectivity index (χ1) is 14.1. The van der Waals surface area contributed by atoms with E-state index in [0.29, 0.717) is 23.7 Å². The zero-order valence-electron chi connectivity index (χ0n) is 16.1. The number of hydrogen-bond donors (Lipinski definition) is 1. The molecule has 0 amide bonds. The third-order valence-corrected chi connectivity index (χ3v) is 4.58. The molecule has 146 valence electrons. The Hall–Kier alpha value is -3.67. The predicted molar refractivity (Wildman–Crippen MR) is 109 cm³/mol. The van der Waals surface area contributed by atoms with Crippen molar-refractivity contribution in [3.63, 3.8) is 0 Å². The zero-order valence-corrected chi connectivity index (χ0v) is 16.1. The minimum Gasteiger partial charge on any atom is -0.496 e. The van der Waals surface area contributed by atoms with Gasteiger partial charge in [-0.05, 0) is 36.8 Å². The van der Waals surface area contributed by atoms with Gasteiger partial charge in [-0.3, -0.25) is 0 Å². The number of nitrogens with one attached hydrogen (secondary N) is 1. The van der Waals surface area contributed by atoms with Crippen molar-refractivity contribution in [2.24, 2.45) is 0 Å². The third-order valence-electron chi connectivity index (χ3n) is 4.58. The second kappa shape index (κ2) is 8.14. The average Bonchev–Trinajstić information content (AvgIpc) is 3.14. The molecule has 6 heteroatoms. The summed E-state index contributed by atoms with van der Waals surface area (Å²) in [5, 5.41) is 0. The number of halogens is 1.